The maximum atomic E-state index is 9.05. The molecular formula is C23H21N9O2. The molecule has 2 aliphatic rings. The molecule has 6 heterocycles. The first-order valence-electron chi connectivity index (χ1n) is 10.9. The van der Waals surface area contributed by atoms with Gasteiger partial charge in [0.15, 0.2) is 23.0 Å². The lowest BCUT2D eigenvalue weighted by molar-refractivity contribution is 0.0988. The number of ether oxygens (including phenoxy) is 2. The largest absolute Gasteiger partial charge is 0.437 e. The zero-order chi connectivity index (χ0) is 23.2. The molecule has 0 radical (unpaired) electrons. The van der Waals surface area contributed by atoms with Crippen LogP contribution >= 0.6 is 0 Å². The molecule has 2 aliphatic heterocycles. The quantitative estimate of drug-likeness (QED) is 0.480. The number of rotatable bonds is 5. The van der Waals surface area contributed by atoms with Crippen molar-refractivity contribution in [1.29, 1.82) is 5.26 Å². The molecule has 1 N–H and O–H groups in total. The summed E-state index contributed by atoms with van der Waals surface area (Å²) >= 11 is 0. The molecule has 6 rings (SSSR count). The summed E-state index contributed by atoms with van der Waals surface area (Å²) in [6.45, 7) is 3.46. The van der Waals surface area contributed by atoms with Crippen LogP contribution in [0.25, 0.3) is 11.2 Å². The SMILES string of the molecule is Cc1cc(C#N)ncc1Oc1cc(Nc2ccc(N3C[C@@H]4C[C@H]3CO4)nn2)c2ncn(C)c2n1. The summed E-state index contributed by atoms with van der Waals surface area (Å²) in [6.07, 6.45) is 4.57. The summed E-state index contributed by atoms with van der Waals surface area (Å²) in [7, 11) is 1.87. The molecule has 11 nitrogen and oxygen atoms in total. The van der Waals surface area contributed by atoms with Crippen LogP contribution in [0.15, 0.2) is 36.8 Å². The van der Waals surface area contributed by atoms with Crippen LogP contribution in [0.3, 0.4) is 0 Å². The van der Waals surface area contributed by atoms with Gasteiger partial charge in [-0.3, -0.25) is 0 Å². The number of imidazole rings is 1. The van der Waals surface area contributed by atoms with Crippen LogP contribution in [0.5, 0.6) is 11.6 Å². The minimum absolute atomic E-state index is 0.298. The molecular weight excluding hydrogens is 434 g/mol. The summed E-state index contributed by atoms with van der Waals surface area (Å²) in [5.41, 5.74) is 3.14. The molecule has 2 saturated heterocycles. The smallest absolute Gasteiger partial charge is 0.223 e. The maximum Gasteiger partial charge on any atom is 0.223 e. The Morgan fingerprint density at radius 1 is 1.24 bits per heavy atom. The summed E-state index contributed by atoms with van der Waals surface area (Å²) in [4.78, 5) is 15.4. The van der Waals surface area contributed by atoms with E-state index in [-0.39, 0.29) is 0 Å². The lowest BCUT2D eigenvalue weighted by Gasteiger charge is -2.27. The van der Waals surface area contributed by atoms with Crippen molar-refractivity contribution >= 4 is 28.5 Å². The van der Waals surface area contributed by atoms with Crippen molar-refractivity contribution in [3.05, 3.63) is 48.0 Å². The monoisotopic (exact) mass is 455 g/mol. The first-order chi connectivity index (χ1) is 16.6. The fourth-order valence-corrected chi connectivity index (χ4v) is 4.41. The van der Waals surface area contributed by atoms with Gasteiger partial charge in [-0.1, -0.05) is 0 Å². The average molecular weight is 455 g/mol. The first-order valence-corrected chi connectivity index (χ1v) is 10.9. The summed E-state index contributed by atoms with van der Waals surface area (Å²) in [5, 5.41) is 21.2. The van der Waals surface area contributed by atoms with Gasteiger partial charge in [0.1, 0.15) is 17.3 Å². The normalized spacial score (nSPS) is 18.9. The molecule has 2 atom stereocenters. The highest BCUT2D eigenvalue weighted by Gasteiger charge is 2.39. The summed E-state index contributed by atoms with van der Waals surface area (Å²) < 4.78 is 13.5. The zero-order valence-electron chi connectivity index (χ0n) is 18.6. The topological polar surface area (TPSA) is 127 Å². The van der Waals surface area contributed by atoms with E-state index < -0.39 is 0 Å². The third-order valence-corrected chi connectivity index (χ3v) is 6.14. The van der Waals surface area contributed by atoms with Crippen LogP contribution in [-0.4, -0.2) is 55.0 Å². The van der Waals surface area contributed by atoms with Gasteiger partial charge >= 0.3 is 0 Å². The van der Waals surface area contributed by atoms with E-state index in [1.807, 2.05) is 36.7 Å². The second kappa shape index (κ2) is 7.93. The van der Waals surface area contributed by atoms with Crippen molar-refractivity contribution < 1.29 is 9.47 Å². The van der Waals surface area contributed by atoms with E-state index in [0.717, 1.165) is 31.0 Å². The van der Waals surface area contributed by atoms with Gasteiger partial charge in [0.25, 0.3) is 0 Å². The van der Waals surface area contributed by atoms with E-state index in [2.05, 4.69) is 35.4 Å². The van der Waals surface area contributed by atoms with Gasteiger partial charge in [-0.2, -0.15) is 10.2 Å². The van der Waals surface area contributed by atoms with Crippen LogP contribution in [0.2, 0.25) is 0 Å². The van der Waals surface area contributed by atoms with Crippen molar-refractivity contribution in [2.24, 2.45) is 7.05 Å². The number of nitrogens with one attached hydrogen (secondary N) is 1. The van der Waals surface area contributed by atoms with E-state index in [4.69, 9.17) is 14.7 Å². The lowest BCUT2D eigenvalue weighted by Crippen LogP contribution is -2.37. The number of nitriles is 1. The number of hydrogen-bond donors (Lipinski definition) is 1. The van der Waals surface area contributed by atoms with Gasteiger partial charge in [0, 0.05) is 19.7 Å². The lowest BCUT2D eigenvalue weighted by atomic mass is 10.2. The Kier molecular flexibility index (Phi) is 4.74. The standard InChI is InChI=1S/C23H21N9O2/c1-13-5-14(8-24)25-9-18(13)34-21-7-17(22-23(28-21)31(2)12-26-22)27-19-3-4-20(30-29-19)32-10-16-6-15(32)11-33-16/h3-5,7,9,12,15-16H,6,10-11H2,1-2H3,(H,27,28,29)/t15-,16-/m0/s1. The van der Waals surface area contributed by atoms with Crippen LogP contribution in [-0.2, 0) is 11.8 Å². The molecule has 4 aromatic heterocycles. The average Bonchev–Trinajstić information content (AvgIpc) is 3.58. The van der Waals surface area contributed by atoms with Crippen LogP contribution in [0, 0.1) is 18.3 Å². The van der Waals surface area contributed by atoms with Gasteiger partial charge in [-0.25, -0.2) is 9.97 Å². The highest BCUT2D eigenvalue weighted by molar-refractivity contribution is 5.88. The Morgan fingerprint density at radius 2 is 2.15 bits per heavy atom. The number of morpholine rings is 1. The van der Waals surface area contributed by atoms with Gasteiger partial charge < -0.3 is 24.3 Å². The second-order valence-electron chi connectivity index (χ2n) is 8.48. The fourth-order valence-electron chi connectivity index (χ4n) is 4.41. The van der Waals surface area contributed by atoms with Gasteiger partial charge in [-0.15, -0.1) is 10.2 Å². The minimum atomic E-state index is 0.298. The number of pyridine rings is 2. The second-order valence-corrected chi connectivity index (χ2v) is 8.48. The Labute approximate surface area is 195 Å². The van der Waals surface area contributed by atoms with Gasteiger partial charge in [-0.05, 0) is 37.1 Å². The molecule has 4 aromatic rings. The molecule has 0 saturated carbocycles. The third-order valence-electron chi connectivity index (χ3n) is 6.14. The first kappa shape index (κ1) is 20.3. The Bertz CT molecular complexity index is 1430. The fraction of sp³-hybridized carbons (Fsp3) is 0.304. The van der Waals surface area contributed by atoms with E-state index >= 15 is 0 Å². The van der Waals surface area contributed by atoms with E-state index in [1.165, 1.54) is 6.20 Å². The Hall–Kier alpha value is -4.30. The Balaban J connectivity index is 1.28. The van der Waals surface area contributed by atoms with E-state index in [9.17, 15) is 0 Å². The molecule has 0 amide bonds. The van der Waals surface area contributed by atoms with E-state index in [1.54, 1.807) is 18.5 Å². The summed E-state index contributed by atoms with van der Waals surface area (Å²) in [6, 6.07) is 9.71. The number of aryl methyl sites for hydroxylation is 2. The predicted octanol–water partition coefficient (Wildman–Crippen LogP) is 2.85. The van der Waals surface area contributed by atoms with Gasteiger partial charge in [0.2, 0.25) is 5.88 Å². The molecule has 11 heteroatoms. The zero-order valence-corrected chi connectivity index (χ0v) is 18.6. The molecule has 34 heavy (non-hydrogen) atoms. The van der Waals surface area contributed by atoms with Gasteiger partial charge in [0.05, 0.1) is 37.0 Å². The van der Waals surface area contributed by atoms with Crippen LogP contribution in [0.4, 0.5) is 17.3 Å². The summed E-state index contributed by atoms with van der Waals surface area (Å²) in [5.74, 6) is 2.33. The molecule has 0 aromatic carbocycles. The van der Waals surface area contributed by atoms with Crippen LogP contribution in [0.1, 0.15) is 17.7 Å². The molecule has 2 fully saturated rings. The molecule has 0 aliphatic carbocycles. The number of anilines is 3. The predicted molar refractivity (Wildman–Crippen MR) is 123 cm³/mol. The molecule has 170 valence electrons. The highest BCUT2D eigenvalue weighted by Crippen LogP contribution is 2.33. The van der Waals surface area contributed by atoms with E-state index in [0.29, 0.717) is 52.1 Å². The molecule has 0 spiro atoms. The van der Waals surface area contributed by atoms with Crippen LogP contribution < -0.4 is 15.0 Å². The number of fused-ring (bicyclic) bond motifs is 3. The third kappa shape index (κ3) is 3.54. The number of aromatic nitrogens is 6. The molecule has 0 unspecified atom stereocenters. The Morgan fingerprint density at radius 3 is 2.85 bits per heavy atom. The minimum Gasteiger partial charge on any atom is -0.437 e. The van der Waals surface area contributed by atoms with Crippen molar-refractivity contribution in [3.8, 4) is 17.7 Å². The van der Waals surface area contributed by atoms with Crippen molar-refractivity contribution in [2.75, 3.05) is 23.4 Å². The van der Waals surface area contributed by atoms with Crippen molar-refractivity contribution in [2.45, 2.75) is 25.5 Å². The highest BCUT2D eigenvalue weighted by atomic mass is 16.5. The van der Waals surface area contributed by atoms with Crippen molar-refractivity contribution in [1.82, 2.24) is 29.7 Å². The maximum absolute atomic E-state index is 9.05. The van der Waals surface area contributed by atoms with Crippen molar-refractivity contribution in [3.63, 3.8) is 0 Å². The molecule has 2 bridgehead atoms. The number of hydrogen-bond acceptors (Lipinski definition) is 10. The number of nitrogens with zero attached hydrogens (tertiary/aromatic N) is 8.